The Morgan fingerprint density at radius 3 is 2.57 bits per heavy atom. The Morgan fingerprint density at radius 1 is 1.18 bits per heavy atom. The lowest BCUT2D eigenvalue weighted by Gasteiger charge is -2.29. The monoisotopic (exact) mass is 382 g/mol. The summed E-state index contributed by atoms with van der Waals surface area (Å²) in [4.78, 5) is 31.4. The van der Waals surface area contributed by atoms with Gasteiger partial charge in [0.05, 0.1) is 11.7 Å². The van der Waals surface area contributed by atoms with E-state index in [1.807, 2.05) is 20.0 Å². The molecule has 0 unspecified atom stereocenters. The topological polar surface area (TPSA) is 87.5 Å². The van der Waals surface area contributed by atoms with Crippen molar-refractivity contribution in [2.45, 2.75) is 44.6 Å². The van der Waals surface area contributed by atoms with Crippen molar-refractivity contribution in [2.24, 2.45) is 7.05 Å². The molecule has 2 amide bonds. The summed E-state index contributed by atoms with van der Waals surface area (Å²) in [5.41, 5.74) is 3.27. The van der Waals surface area contributed by atoms with Crippen molar-refractivity contribution in [1.29, 1.82) is 0 Å². The number of aliphatic hydroxyl groups is 1. The highest BCUT2D eigenvalue weighted by Crippen LogP contribution is 2.41. The molecule has 2 aromatic heterocycles. The largest absolute Gasteiger partial charge is 0.393 e. The number of piperidine rings is 1. The van der Waals surface area contributed by atoms with Crippen molar-refractivity contribution in [3.8, 4) is 0 Å². The summed E-state index contributed by atoms with van der Waals surface area (Å²) in [6.07, 6.45) is 4.75. The number of hydrogen-bond donors (Lipinski definition) is 2. The molecule has 148 valence electrons. The number of hydrogen-bond acceptors (Lipinski definition) is 4. The minimum Gasteiger partial charge on any atom is -0.393 e. The van der Waals surface area contributed by atoms with Gasteiger partial charge in [-0.15, -0.1) is 0 Å². The number of nitrogens with one attached hydrogen (secondary N) is 1. The van der Waals surface area contributed by atoms with Crippen molar-refractivity contribution in [3.05, 3.63) is 46.9 Å². The van der Waals surface area contributed by atoms with E-state index in [0.717, 1.165) is 5.69 Å². The fourth-order valence-electron chi connectivity index (χ4n) is 3.79. The quantitative estimate of drug-likeness (QED) is 0.850. The number of carbonyl (C=O) groups is 2. The highest BCUT2D eigenvalue weighted by molar-refractivity contribution is 6.05. The minimum atomic E-state index is -0.328. The first-order valence-corrected chi connectivity index (χ1v) is 9.85. The summed E-state index contributed by atoms with van der Waals surface area (Å²) in [5, 5.41) is 12.4. The number of pyridine rings is 1. The molecule has 2 fully saturated rings. The summed E-state index contributed by atoms with van der Waals surface area (Å²) in [5.74, 6) is 0.617. The average molecular weight is 382 g/mol. The molecule has 1 aliphatic heterocycles. The summed E-state index contributed by atoms with van der Waals surface area (Å²) < 4.78 is 2.09. The second kappa shape index (κ2) is 7.39. The highest BCUT2D eigenvalue weighted by Gasteiger charge is 2.29. The second-order valence-electron chi connectivity index (χ2n) is 7.81. The van der Waals surface area contributed by atoms with E-state index in [2.05, 4.69) is 14.9 Å². The maximum absolute atomic E-state index is 12.8. The van der Waals surface area contributed by atoms with Crippen LogP contribution in [0.2, 0.25) is 0 Å². The van der Waals surface area contributed by atoms with Gasteiger partial charge in [-0.25, -0.2) is 4.98 Å². The molecular weight excluding hydrogens is 356 g/mol. The van der Waals surface area contributed by atoms with Gasteiger partial charge in [0.15, 0.2) is 0 Å². The van der Waals surface area contributed by atoms with Crippen LogP contribution in [0.5, 0.6) is 0 Å². The smallest absolute Gasteiger partial charge is 0.258 e. The molecular formula is C21H26N4O3. The van der Waals surface area contributed by atoms with Crippen LogP contribution in [0, 0.1) is 6.92 Å². The molecule has 1 aliphatic carbocycles. The number of nitrogens with zero attached hydrogens (tertiary/aromatic N) is 3. The van der Waals surface area contributed by atoms with Gasteiger partial charge in [-0.3, -0.25) is 9.59 Å². The molecule has 7 heteroatoms. The Labute approximate surface area is 164 Å². The van der Waals surface area contributed by atoms with Crippen LogP contribution < -0.4 is 5.32 Å². The number of amides is 2. The van der Waals surface area contributed by atoms with E-state index < -0.39 is 0 Å². The third kappa shape index (κ3) is 3.67. The van der Waals surface area contributed by atoms with Gasteiger partial charge in [0.2, 0.25) is 0 Å². The zero-order valence-electron chi connectivity index (χ0n) is 16.3. The second-order valence-corrected chi connectivity index (χ2v) is 7.81. The number of aliphatic hydroxyl groups excluding tert-OH is 1. The van der Waals surface area contributed by atoms with Gasteiger partial charge in [-0.2, -0.15) is 0 Å². The molecule has 2 aromatic rings. The Kier molecular flexibility index (Phi) is 4.93. The Bertz CT molecular complexity index is 908. The first-order valence-electron chi connectivity index (χ1n) is 9.85. The van der Waals surface area contributed by atoms with Gasteiger partial charge in [-0.1, -0.05) is 0 Å². The van der Waals surface area contributed by atoms with E-state index in [4.69, 9.17) is 0 Å². The molecule has 7 nitrogen and oxygen atoms in total. The average Bonchev–Trinajstić information content (AvgIpc) is 3.48. The van der Waals surface area contributed by atoms with E-state index in [-0.39, 0.29) is 17.9 Å². The van der Waals surface area contributed by atoms with Crippen molar-refractivity contribution in [1.82, 2.24) is 14.5 Å². The Balaban J connectivity index is 1.48. The van der Waals surface area contributed by atoms with Crippen LogP contribution in [-0.4, -0.2) is 50.6 Å². The number of carbonyl (C=O) groups excluding carboxylic acids is 2. The van der Waals surface area contributed by atoms with E-state index in [0.29, 0.717) is 48.8 Å². The molecule has 4 rings (SSSR count). The molecule has 0 bridgehead atoms. The number of likely N-dealkylation sites (tertiary alicyclic amines) is 1. The predicted octanol–water partition coefficient (Wildman–Crippen LogP) is 2.46. The molecule has 1 saturated carbocycles. The molecule has 0 aromatic carbocycles. The zero-order valence-corrected chi connectivity index (χ0v) is 16.3. The van der Waals surface area contributed by atoms with E-state index in [1.165, 1.54) is 24.7 Å². The van der Waals surface area contributed by atoms with Gasteiger partial charge in [-0.05, 0) is 56.7 Å². The molecule has 2 N–H and O–H groups in total. The van der Waals surface area contributed by atoms with E-state index in [1.54, 1.807) is 17.0 Å². The summed E-state index contributed by atoms with van der Waals surface area (Å²) in [6, 6.07) is 5.24. The summed E-state index contributed by atoms with van der Waals surface area (Å²) >= 11 is 0. The predicted molar refractivity (Wildman–Crippen MR) is 105 cm³/mol. The lowest BCUT2D eigenvalue weighted by atomic mass is 10.1. The van der Waals surface area contributed by atoms with Gasteiger partial charge in [0.1, 0.15) is 5.82 Å². The molecule has 2 aliphatic rings. The third-order valence-corrected chi connectivity index (χ3v) is 5.81. The minimum absolute atomic E-state index is 0.100. The van der Waals surface area contributed by atoms with Gasteiger partial charge in [0.25, 0.3) is 11.8 Å². The molecule has 28 heavy (non-hydrogen) atoms. The summed E-state index contributed by atoms with van der Waals surface area (Å²) in [6.45, 7) is 3.02. The van der Waals surface area contributed by atoms with Crippen molar-refractivity contribution < 1.29 is 14.7 Å². The van der Waals surface area contributed by atoms with Crippen LogP contribution in [0.15, 0.2) is 24.4 Å². The zero-order chi connectivity index (χ0) is 19.8. The molecule has 0 spiro atoms. The van der Waals surface area contributed by atoms with Crippen LogP contribution in [0.3, 0.4) is 0 Å². The molecule has 0 radical (unpaired) electrons. The van der Waals surface area contributed by atoms with Crippen molar-refractivity contribution in [3.63, 3.8) is 0 Å². The number of aromatic nitrogens is 2. The van der Waals surface area contributed by atoms with Gasteiger partial charge < -0.3 is 19.9 Å². The van der Waals surface area contributed by atoms with E-state index >= 15 is 0 Å². The van der Waals surface area contributed by atoms with Gasteiger partial charge in [0, 0.05) is 43.3 Å². The lowest BCUT2D eigenvalue weighted by molar-refractivity contribution is 0.0546. The Morgan fingerprint density at radius 2 is 1.89 bits per heavy atom. The standard InChI is InChI=1S/C21H26N4O3/c1-13-17(12-18(24(13)2)14-3-4-14)20(27)23-19-11-15(5-8-22-19)21(28)25-9-6-16(26)7-10-25/h5,8,11-12,14,16,26H,3-4,6-7,9-10H2,1-2H3,(H,22,23,27). The van der Waals surface area contributed by atoms with Crippen LogP contribution in [0.1, 0.15) is 63.7 Å². The van der Waals surface area contributed by atoms with E-state index in [9.17, 15) is 14.7 Å². The Hall–Kier alpha value is -2.67. The number of anilines is 1. The molecule has 1 saturated heterocycles. The molecule has 3 heterocycles. The fourth-order valence-corrected chi connectivity index (χ4v) is 3.79. The van der Waals surface area contributed by atoms with Gasteiger partial charge >= 0.3 is 0 Å². The van der Waals surface area contributed by atoms with Crippen molar-refractivity contribution >= 4 is 17.6 Å². The fraction of sp³-hybridized carbons (Fsp3) is 0.476. The number of rotatable bonds is 4. The lowest BCUT2D eigenvalue weighted by Crippen LogP contribution is -2.40. The SMILES string of the molecule is Cc1c(C(=O)Nc2cc(C(=O)N3CCC(O)CC3)ccn2)cc(C2CC2)n1C. The van der Waals surface area contributed by atoms with Crippen molar-refractivity contribution in [2.75, 3.05) is 18.4 Å². The maximum atomic E-state index is 12.8. The maximum Gasteiger partial charge on any atom is 0.258 e. The molecule has 0 atom stereocenters. The third-order valence-electron chi connectivity index (χ3n) is 5.81. The summed E-state index contributed by atoms with van der Waals surface area (Å²) in [7, 11) is 1.99. The van der Waals surface area contributed by atoms with Crippen LogP contribution >= 0.6 is 0 Å². The van der Waals surface area contributed by atoms with Crippen LogP contribution in [0.25, 0.3) is 0 Å². The normalized spacial score (nSPS) is 17.6. The first kappa shape index (κ1) is 18.7. The first-order chi connectivity index (χ1) is 13.4. The van der Waals surface area contributed by atoms with Crippen LogP contribution in [-0.2, 0) is 7.05 Å². The highest BCUT2D eigenvalue weighted by atomic mass is 16.3. The van der Waals surface area contributed by atoms with Crippen LogP contribution in [0.4, 0.5) is 5.82 Å².